The number of hydrogen-bond acceptors (Lipinski definition) is 2. The molecule has 1 aliphatic rings. The molecule has 1 N–H and O–H groups in total. The fourth-order valence-electron chi connectivity index (χ4n) is 2.11. The molecule has 1 saturated heterocycles. The first-order chi connectivity index (χ1) is 8.16. The number of benzene rings is 1. The van der Waals surface area contributed by atoms with E-state index in [-0.39, 0.29) is 11.9 Å². The van der Waals surface area contributed by atoms with Crippen molar-refractivity contribution in [3.63, 3.8) is 0 Å². The Kier molecular flexibility index (Phi) is 4.71. The van der Waals surface area contributed by atoms with Gasteiger partial charge in [0.25, 0.3) is 0 Å². The SMILES string of the molecule is OC(Cc1ccc(F)cc1Cl)C1CCCCS1. The highest BCUT2D eigenvalue weighted by molar-refractivity contribution is 8.00. The highest BCUT2D eigenvalue weighted by Gasteiger charge is 2.23. The molecule has 2 rings (SSSR count). The van der Waals surface area contributed by atoms with Crippen molar-refractivity contribution in [2.24, 2.45) is 0 Å². The minimum Gasteiger partial charge on any atom is -0.392 e. The normalized spacial score (nSPS) is 22.4. The zero-order chi connectivity index (χ0) is 12.3. The van der Waals surface area contributed by atoms with Gasteiger partial charge in [-0.25, -0.2) is 4.39 Å². The molecule has 0 amide bonds. The van der Waals surface area contributed by atoms with E-state index in [1.807, 2.05) is 11.8 Å². The molecule has 94 valence electrons. The summed E-state index contributed by atoms with van der Waals surface area (Å²) in [4.78, 5) is 0. The van der Waals surface area contributed by atoms with E-state index >= 15 is 0 Å². The molecule has 0 aromatic heterocycles. The van der Waals surface area contributed by atoms with Crippen LogP contribution in [0, 0.1) is 5.82 Å². The molecule has 17 heavy (non-hydrogen) atoms. The number of hydrogen-bond donors (Lipinski definition) is 1. The summed E-state index contributed by atoms with van der Waals surface area (Å²) in [5.41, 5.74) is 0.826. The lowest BCUT2D eigenvalue weighted by atomic mass is 10.0. The van der Waals surface area contributed by atoms with Crippen LogP contribution in [0.2, 0.25) is 5.02 Å². The topological polar surface area (TPSA) is 20.2 Å². The molecule has 1 fully saturated rings. The average Bonchev–Trinajstić information content (AvgIpc) is 2.34. The third-order valence-corrected chi connectivity index (χ3v) is 4.94. The fraction of sp³-hybridized carbons (Fsp3) is 0.538. The summed E-state index contributed by atoms with van der Waals surface area (Å²) in [7, 11) is 0. The Morgan fingerprint density at radius 2 is 2.29 bits per heavy atom. The number of aliphatic hydroxyl groups excluding tert-OH is 1. The Bertz CT molecular complexity index is 380. The van der Waals surface area contributed by atoms with Gasteiger partial charge < -0.3 is 5.11 Å². The Balaban J connectivity index is 1.99. The van der Waals surface area contributed by atoms with Gasteiger partial charge >= 0.3 is 0 Å². The van der Waals surface area contributed by atoms with Crippen LogP contribution in [-0.4, -0.2) is 22.2 Å². The summed E-state index contributed by atoms with van der Waals surface area (Å²) >= 11 is 7.79. The van der Waals surface area contributed by atoms with E-state index < -0.39 is 0 Å². The predicted molar refractivity (Wildman–Crippen MR) is 71.2 cm³/mol. The maximum absolute atomic E-state index is 12.9. The van der Waals surface area contributed by atoms with E-state index in [0.717, 1.165) is 17.7 Å². The van der Waals surface area contributed by atoms with E-state index in [1.54, 1.807) is 6.07 Å². The van der Waals surface area contributed by atoms with E-state index in [2.05, 4.69) is 0 Å². The molecular formula is C13H16ClFOS. The molecular weight excluding hydrogens is 259 g/mol. The number of rotatable bonds is 3. The number of halogens is 2. The van der Waals surface area contributed by atoms with Gasteiger partial charge in [0.1, 0.15) is 5.82 Å². The van der Waals surface area contributed by atoms with Crippen LogP contribution in [-0.2, 0) is 6.42 Å². The molecule has 0 saturated carbocycles. The Morgan fingerprint density at radius 1 is 1.47 bits per heavy atom. The Hall–Kier alpha value is -0.250. The summed E-state index contributed by atoms with van der Waals surface area (Å²) in [6.07, 6.45) is 3.61. The van der Waals surface area contributed by atoms with Gasteiger partial charge in [-0.2, -0.15) is 11.8 Å². The van der Waals surface area contributed by atoms with Crippen molar-refractivity contribution in [3.05, 3.63) is 34.6 Å². The summed E-state index contributed by atoms with van der Waals surface area (Å²) in [6, 6.07) is 4.36. The van der Waals surface area contributed by atoms with Gasteiger partial charge in [0, 0.05) is 16.7 Å². The Morgan fingerprint density at radius 3 is 2.94 bits per heavy atom. The van der Waals surface area contributed by atoms with Crippen molar-refractivity contribution in [1.82, 2.24) is 0 Å². The van der Waals surface area contributed by atoms with Crippen LogP contribution in [0.1, 0.15) is 24.8 Å². The van der Waals surface area contributed by atoms with Crippen LogP contribution in [0.15, 0.2) is 18.2 Å². The third-order valence-electron chi connectivity index (χ3n) is 3.09. The standard InChI is InChI=1S/C13H16ClFOS/c14-11-8-10(15)5-4-9(11)7-12(16)13-3-1-2-6-17-13/h4-5,8,12-13,16H,1-3,6-7H2. The van der Waals surface area contributed by atoms with Gasteiger partial charge in [-0.05, 0) is 36.3 Å². The van der Waals surface area contributed by atoms with E-state index in [4.69, 9.17) is 11.6 Å². The highest BCUT2D eigenvalue weighted by Crippen LogP contribution is 2.30. The zero-order valence-electron chi connectivity index (χ0n) is 9.53. The van der Waals surface area contributed by atoms with E-state index in [0.29, 0.717) is 16.7 Å². The van der Waals surface area contributed by atoms with Gasteiger partial charge in [-0.1, -0.05) is 24.1 Å². The average molecular weight is 275 g/mol. The largest absolute Gasteiger partial charge is 0.392 e. The maximum Gasteiger partial charge on any atom is 0.124 e. The van der Waals surface area contributed by atoms with Crippen molar-refractivity contribution in [1.29, 1.82) is 0 Å². The lowest BCUT2D eigenvalue weighted by Gasteiger charge is -2.26. The molecule has 0 aliphatic carbocycles. The molecule has 4 heteroatoms. The smallest absolute Gasteiger partial charge is 0.124 e. The molecule has 1 heterocycles. The van der Waals surface area contributed by atoms with E-state index in [1.165, 1.54) is 25.0 Å². The highest BCUT2D eigenvalue weighted by atomic mass is 35.5. The van der Waals surface area contributed by atoms with Crippen LogP contribution >= 0.6 is 23.4 Å². The third kappa shape index (κ3) is 3.60. The quantitative estimate of drug-likeness (QED) is 0.908. The molecule has 1 nitrogen and oxygen atoms in total. The lowest BCUT2D eigenvalue weighted by molar-refractivity contribution is 0.166. The molecule has 0 bridgehead atoms. The fourth-order valence-corrected chi connectivity index (χ4v) is 3.68. The first-order valence-corrected chi connectivity index (χ1v) is 7.33. The summed E-state index contributed by atoms with van der Waals surface area (Å²) < 4.78 is 12.9. The molecule has 1 aromatic carbocycles. The van der Waals surface area contributed by atoms with Crippen molar-refractivity contribution < 1.29 is 9.50 Å². The molecule has 0 spiro atoms. The minimum absolute atomic E-state index is 0.296. The summed E-state index contributed by atoms with van der Waals surface area (Å²) in [6.45, 7) is 0. The Labute approximate surface area is 110 Å². The van der Waals surface area contributed by atoms with Crippen molar-refractivity contribution in [3.8, 4) is 0 Å². The second kappa shape index (κ2) is 6.07. The second-order valence-electron chi connectivity index (χ2n) is 4.41. The van der Waals surface area contributed by atoms with Gasteiger partial charge in [0.15, 0.2) is 0 Å². The first kappa shape index (κ1) is 13.2. The number of aliphatic hydroxyl groups is 1. The zero-order valence-corrected chi connectivity index (χ0v) is 11.1. The molecule has 2 unspecified atom stereocenters. The van der Waals surface area contributed by atoms with Gasteiger partial charge in [-0.15, -0.1) is 0 Å². The molecule has 1 aromatic rings. The molecule has 0 radical (unpaired) electrons. The first-order valence-electron chi connectivity index (χ1n) is 5.90. The maximum atomic E-state index is 12.9. The summed E-state index contributed by atoms with van der Waals surface area (Å²) in [5, 5.41) is 10.9. The van der Waals surface area contributed by atoms with Crippen molar-refractivity contribution in [2.45, 2.75) is 37.0 Å². The van der Waals surface area contributed by atoms with Gasteiger partial charge in [0.2, 0.25) is 0 Å². The monoisotopic (exact) mass is 274 g/mol. The van der Waals surface area contributed by atoms with Crippen LogP contribution in [0.5, 0.6) is 0 Å². The minimum atomic E-state index is -0.386. The van der Waals surface area contributed by atoms with Crippen LogP contribution in [0.4, 0.5) is 4.39 Å². The molecule has 1 aliphatic heterocycles. The van der Waals surface area contributed by atoms with Crippen molar-refractivity contribution in [2.75, 3.05) is 5.75 Å². The summed E-state index contributed by atoms with van der Waals surface area (Å²) in [5.74, 6) is 0.791. The molecule has 2 atom stereocenters. The van der Waals surface area contributed by atoms with Gasteiger partial charge in [-0.3, -0.25) is 0 Å². The number of thioether (sulfide) groups is 1. The lowest BCUT2D eigenvalue weighted by Crippen LogP contribution is -2.28. The van der Waals surface area contributed by atoms with Crippen LogP contribution in [0.25, 0.3) is 0 Å². The van der Waals surface area contributed by atoms with Crippen LogP contribution < -0.4 is 0 Å². The predicted octanol–water partition coefficient (Wildman–Crippen LogP) is 3.67. The second-order valence-corrected chi connectivity index (χ2v) is 6.17. The van der Waals surface area contributed by atoms with Crippen molar-refractivity contribution >= 4 is 23.4 Å². The van der Waals surface area contributed by atoms with Gasteiger partial charge in [0.05, 0.1) is 6.10 Å². The van der Waals surface area contributed by atoms with Crippen LogP contribution in [0.3, 0.4) is 0 Å². The van der Waals surface area contributed by atoms with E-state index in [9.17, 15) is 9.50 Å².